The number of nitrogens with one attached hydrogen (secondary N) is 2. The van der Waals surface area contributed by atoms with E-state index in [1.54, 1.807) is 0 Å². The van der Waals surface area contributed by atoms with Gasteiger partial charge in [-0.1, -0.05) is 0 Å². The topological polar surface area (TPSA) is 87.5 Å². The van der Waals surface area contributed by atoms with Crippen LogP contribution < -0.4 is 16.4 Å². The van der Waals surface area contributed by atoms with E-state index in [0.717, 1.165) is 45.3 Å². The van der Waals surface area contributed by atoms with Crippen LogP contribution in [-0.4, -0.2) is 49.1 Å². The van der Waals surface area contributed by atoms with Gasteiger partial charge in [0, 0.05) is 25.6 Å². The molecule has 0 bridgehead atoms. The standard InChI is InChI=1S/C15H28N4O2.ClH/c16-15(21)18-11-13-3-1-2-10-19(13)14(20)5-4-12-6-8-17-9-7-12;/h12-13,17H,1-11H2,(H3,16,18,21);1H. The number of hydrogen-bond acceptors (Lipinski definition) is 3. The van der Waals surface area contributed by atoms with Crippen LogP contribution in [0.4, 0.5) is 4.79 Å². The molecule has 3 amide bonds. The number of amides is 3. The Morgan fingerprint density at radius 3 is 2.59 bits per heavy atom. The molecular formula is C15H29ClN4O2. The van der Waals surface area contributed by atoms with Crippen LogP contribution in [0.2, 0.25) is 0 Å². The van der Waals surface area contributed by atoms with Gasteiger partial charge in [0.25, 0.3) is 0 Å². The van der Waals surface area contributed by atoms with Crippen molar-refractivity contribution >= 4 is 24.3 Å². The smallest absolute Gasteiger partial charge is 0.312 e. The number of carbonyl (C=O) groups is 2. The van der Waals surface area contributed by atoms with E-state index in [4.69, 9.17) is 5.73 Å². The molecule has 0 spiro atoms. The molecule has 7 heteroatoms. The first kappa shape index (κ1) is 19.0. The maximum Gasteiger partial charge on any atom is 0.312 e. The second-order valence-corrected chi connectivity index (χ2v) is 6.21. The van der Waals surface area contributed by atoms with Crippen molar-refractivity contribution in [3.63, 3.8) is 0 Å². The fraction of sp³-hybridized carbons (Fsp3) is 0.867. The van der Waals surface area contributed by atoms with E-state index < -0.39 is 6.03 Å². The molecule has 0 radical (unpaired) electrons. The summed E-state index contributed by atoms with van der Waals surface area (Å²) >= 11 is 0. The number of likely N-dealkylation sites (tertiary alicyclic amines) is 1. The third kappa shape index (κ3) is 6.01. The molecule has 0 saturated carbocycles. The predicted molar refractivity (Wildman–Crippen MR) is 89.0 cm³/mol. The van der Waals surface area contributed by atoms with E-state index in [-0.39, 0.29) is 24.4 Å². The lowest BCUT2D eigenvalue weighted by atomic mass is 9.92. The molecule has 0 aromatic rings. The first-order chi connectivity index (χ1) is 10.2. The van der Waals surface area contributed by atoms with E-state index in [1.165, 1.54) is 12.8 Å². The van der Waals surface area contributed by atoms with Gasteiger partial charge in [-0.3, -0.25) is 4.79 Å². The minimum absolute atomic E-state index is 0. The third-order valence-electron chi connectivity index (χ3n) is 4.68. The van der Waals surface area contributed by atoms with Gasteiger partial charge in [-0.05, 0) is 57.5 Å². The molecule has 1 atom stereocenters. The molecule has 2 heterocycles. The van der Waals surface area contributed by atoms with Crippen molar-refractivity contribution in [2.75, 3.05) is 26.2 Å². The number of nitrogens with zero attached hydrogens (tertiary/aromatic N) is 1. The monoisotopic (exact) mass is 332 g/mol. The minimum atomic E-state index is -0.511. The van der Waals surface area contributed by atoms with Crippen molar-refractivity contribution in [1.29, 1.82) is 0 Å². The molecule has 2 fully saturated rings. The zero-order chi connectivity index (χ0) is 15.1. The van der Waals surface area contributed by atoms with Crippen LogP contribution in [-0.2, 0) is 4.79 Å². The molecule has 22 heavy (non-hydrogen) atoms. The molecule has 1 unspecified atom stereocenters. The van der Waals surface area contributed by atoms with Gasteiger partial charge in [-0.25, -0.2) is 4.79 Å². The zero-order valence-electron chi connectivity index (χ0n) is 13.2. The number of hydrogen-bond donors (Lipinski definition) is 3. The van der Waals surface area contributed by atoms with Crippen molar-refractivity contribution in [3.05, 3.63) is 0 Å². The summed E-state index contributed by atoms with van der Waals surface area (Å²) in [4.78, 5) is 25.3. The number of halogens is 1. The Kier molecular flexibility index (Phi) is 8.56. The molecular weight excluding hydrogens is 304 g/mol. The Balaban J connectivity index is 0.00000242. The molecule has 2 aliphatic heterocycles. The SMILES string of the molecule is Cl.NC(=O)NCC1CCCCN1C(=O)CCC1CCNCC1. The highest BCUT2D eigenvalue weighted by Gasteiger charge is 2.27. The maximum absolute atomic E-state index is 12.5. The van der Waals surface area contributed by atoms with Crippen LogP contribution in [0, 0.1) is 5.92 Å². The van der Waals surface area contributed by atoms with E-state index in [2.05, 4.69) is 10.6 Å². The van der Waals surface area contributed by atoms with Crippen LogP contribution in [0.3, 0.4) is 0 Å². The lowest BCUT2D eigenvalue weighted by molar-refractivity contribution is -0.135. The van der Waals surface area contributed by atoms with Crippen molar-refractivity contribution in [2.45, 2.75) is 51.0 Å². The Hall–Kier alpha value is -1.01. The highest BCUT2D eigenvalue weighted by atomic mass is 35.5. The van der Waals surface area contributed by atoms with Gasteiger partial charge in [0.05, 0.1) is 0 Å². The summed E-state index contributed by atoms with van der Waals surface area (Å²) in [6.07, 6.45) is 7.12. The van der Waals surface area contributed by atoms with E-state index in [1.807, 2.05) is 4.90 Å². The Morgan fingerprint density at radius 2 is 1.91 bits per heavy atom. The summed E-state index contributed by atoms with van der Waals surface area (Å²) in [6.45, 7) is 3.45. The second-order valence-electron chi connectivity index (χ2n) is 6.21. The number of primary amides is 1. The Labute approximate surface area is 139 Å². The van der Waals surface area contributed by atoms with Crippen molar-refractivity contribution in [2.24, 2.45) is 11.7 Å². The Bertz CT molecular complexity index is 361. The van der Waals surface area contributed by atoms with E-state index in [0.29, 0.717) is 18.9 Å². The molecule has 2 rings (SSSR count). The van der Waals surface area contributed by atoms with Crippen LogP contribution in [0.1, 0.15) is 44.9 Å². The van der Waals surface area contributed by atoms with Crippen molar-refractivity contribution < 1.29 is 9.59 Å². The maximum atomic E-state index is 12.5. The fourth-order valence-corrected chi connectivity index (χ4v) is 3.40. The van der Waals surface area contributed by atoms with Gasteiger partial charge >= 0.3 is 6.03 Å². The summed E-state index contributed by atoms with van der Waals surface area (Å²) in [5.74, 6) is 0.923. The summed E-state index contributed by atoms with van der Waals surface area (Å²) in [5, 5.41) is 5.99. The van der Waals surface area contributed by atoms with Gasteiger partial charge < -0.3 is 21.3 Å². The van der Waals surface area contributed by atoms with Crippen LogP contribution in [0.25, 0.3) is 0 Å². The molecule has 2 saturated heterocycles. The minimum Gasteiger partial charge on any atom is -0.352 e. The molecule has 0 aromatic carbocycles. The van der Waals surface area contributed by atoms with Gasteiger partial charge in [0.1, 0.15) is 0 Å². The van der Waals surface area contributed by atoms with Gasteiger partial charge in [0.2, 0.25) is 5.91 Å². The molecule has 128 valence electrons. The number of nitrogens with two attached hydrogens (primary N) is 1. The van der Waals surface area contributed by atoms with Crippen LogP contribution in [0.15, 0.2) is 0 Å². The molecule has 0 aromatic heterocycles. The highest BCUT2D eigenvalue weighted by molar-refractivity contribution is 5.85. The molecule has 4 N–H and O–H groups in total. The predicted octanol–water partition coefficient (Wildman–Crippen LogP) is 1.24. The van der Waals surface area contributed by atoms with Gasteiger partial charge in [-0.15, -0.1) is 12.4 Å². The summed E-state index contributed by atoms with van der Waals surface area (Å²) in [6, 6.07) is -0.394. The average Bonchev–Trinajstić information content (AvgIpc) is 2.52. The van der Waals surface area contributed by atoms with Gasteiger partial charge in [0.15, 0.2) is 0 Å². The van der Waals surface area contributed by atoms with E-state index in [9.17, 15) is 9.59 Å². The van der Waals surface area contributed by atoms with Crippen molar-refractivity contribution in [3.8, 4) is 0 Å². The normalized spacial score (nSPS) is 22.7. The average molecular weight is 333 g/mol. The first-order valence-electron chi connectivity index (χ1n) is 8.20. The summed E-state index contributed by atoms with van der Waals surface area (Å²) in [5.41, 5.74) is 5.13. The number of urea groups is 1. The van der Waals surface area contributed by atoms with Crippen LogP contribution in [0.5, 0.6) is 0 Å². The number of piperidine rings is 2. The fourth-order valence-electron chi connectivity index (χ4n) is 3.40. The quantitative estimate of drug-likeness (QED) is 0.707. The number of rotatable bonds is 5. The first-order valence-corrected chi connectivity index (χ1v) is 8.20. The largest absolute Gasteiger partial charge is 0.352 e. The molecule has 6 nitrogen and oxygen atoms in total. The lowest BCUT2D eigenvalue weighted by Crippen LogP contribution is -2.50. The second kappa shape index (κ2) is 9.90. The Morgan fingerprint density at radius 1 is 1.18 bits per heavy atom. The highest BCUT2D eigenvalue weighted by Crippen LogP contribution is 2.21. The summed E-state index contributed by atoms with van der Waals surface area (Å²) in [7, 11) is 0. The summed E-state index contributed by atoms with van der Waals surface area (Å²) < 4.78 is 0. The zero-order valence-corrected chi connectivity index (χ0v) is 14.0. The van der Waals surface area contributed by atoms with Gasteiger partial charge in [-0.2, -0.15) is 0 Å². The third-order valence-corrected chi connectivity index (χ3v) is 4.68. The number of carbonyl (C=O) groups excluding carboxylic acids is 2. The van der Waals surface area contributed by atoms with Crippen molar-refractivity contribution in [1.82, 2.24) is 15.5 Å². The molecule has 0 aliphatic carbocycles. The van der Waals surface area contributed by atoms with Crippen LogP contribution >= 0.6 is 12.4 Å². The van der Waals surface area contributed by atoms with E-state index >= 15 is 0 Å². The lowest BCUT2D eigenvalue weighted by Gasteiger charge is -2.36. The molecule has 2 aliphatic rings.